The third kappa shape index (κ3) is 2.67. The second-order valence-corrected chi connectivity index (χ2v) is 5.19. The third-order valence-corrected chi connectivity index (χ3v) is 3.82. The summed E-state index contributed by atoms with van der Waals surface area (Å²) in [6.45, 7) is 6.81. The van der Waals surface area contributed by atoms with Crippen LogP contribution in [0.4, 0.5) is 0 Å². The molecule has 2 aromatic rings. The first-order valence-electron chi connectivity index (χ1n) is 6.58. The van der Waals surface area contributed by atoms with E-state index in [0.29, 0.717) is 6.54 Å². The molecule has 1 atom stereocenters. The van der Waals surface area contributed by atoms with Crippen LogP contribution in [0.3, 0.4) is 0 Å². The Balaban J connectivity index is 2.48. The number of hydrogen-bond acceptors (Lipinski definition) is 2. The van der Waals surface area contributed by atoms with Gasteiger partial charge in [-0.25, -0.2) is 0 Å². The van der Waals surface area contributed by atoms with E-state index in [2.05, 4.69) is 18.9 Å². The average molecular weight is 278 g/mol. The summed E-state index contributed by atoms with van der Waals surface area (Å²) in [5, 5.41) is 5.38. The molecule has 1 aromatic carbocycles. The van der Waals surface area contributed by atoms with Crippen LogP contribution in [0.1, 0.15) is 35.5 Å². The van der Waals surface area contributed by atoms with E-state index in [4.69, 9.17) is 17.3 Å². The van der Waals surface area contributed by atoms with Crippen molar-refractivity contribution in [2.45, 2.75) is 33.2 Å². The molecular formula is C15H20ClN3. The van der Waals surface area contributed by atoms with Crippen LogP contribution in [0.15, 0.2) is 24.3 Å². The number of aromatic nitrogens is 2. The van der Waals surface area contributed by atoms with Crippen molar-refractivity contribution in [3.63, 3.8) is 0 Å². The number of benzene rings is 1. The fourth-order valence-corrected chi connectivity index (χ4v) is 2.80. The molecule has 4 heteroatoms. The molecule has 0 spiro atoms. The number of halogens is 1. The van der Waals surface area contributed by atoms with E-state index in [1.54, 1.807) is 0 Å². The zero-order chi connectivity index (χ0) is 14.0. The van der Waals surface area contributed by atoms with E-state index < -0.39 is 0 Å². The summed E-state index contributed by atoms with van der Waals surface area (Å²) in [7, 11) is 0. The molecule has 1 unspecified atom stereocenters. The molecule has 0 amide bonds. The van der Waals surface area contributed by atoms with Gasteiger partial charge < -0.3 is 5.73 Å². The van der Waals surface area contributed by atoms with Crippen LogP contribution in [0, 0.1) is 13.8 Å². The van der Waals surface area contributed by atoms with Gasteiger partial charge in [-0.15, -0.1) is 0 Å². The van der Waals surface area contributed by atoms with Gasteiger partial charge in [0.1, 0.15) is 0 Å². The van der Waals surface area contributed by atoms with Crippen LogP contribution in [0.2, 0.25) is 5.02 Å². The van der Waals surface area contributed by atoms with Crippen molar-refractivity contribution in [1.29, 1.82) is 0 Å². The largest absolute Gasteiger partial charge is 0.328 e. The fourth-order valence-electron chi connectivity index (χ4n) is 2.60. The number of nitrogens with zero attached hydrogens (tertiary/aromatic N) is 2. The highest BCUT2D eigenvalue weighted by atomic mass is 35.5. The Morgan fingerprint density at radius 1 is 1.37 bits per heavy atom. The predicted molar refractivity (Wildman–Crippen MR) is 79.7 cm³/mol. The number of nitrogens with two attached hydrogens (primary N) is 1. The minimum atomic E-state index is 0.0395. The molecule has 0 saturated heterocycles. The van der Waals surface area contributed by atoms with Crippen molar-refractivity contribution in [3.8, 4) is 0 Å². The summed E-state index contributed by atoms with van der Waals surface area (Å²) >= 11 is 6.07. The third-order valence-electron chi connectivity index (χ3n) is 3.58. The van der Waals surface area contributed by atoms with Crippen molar-refractivity contribution in [1.82, 2.24) is 9.78 Å². The maximum absolute atomic E-state index is 6.07. The van der Waals surface area contributed by atoms with Crippen LogP contribution in [-0.2, 0) is 6.42 Å². The van der Waals surface area contributed by atoms with Gasteiger partial charge >= 0.3 is 0 Å². The van der Waals surface area contributed by atoms with Crippen LogP contribution < -0.4 is 5.73 Å². The van der Waals surface area contributed by atoms with Gasteiger partial charge in [-0.2, -0.15) is 5.10 Å². The molecule has 0 aliphatic heterocycles. The summed E-state index contributed by atoms with van der Waals surface area (Å²) in [5.74, 6) is 0. The first-order chi connectivity index (χ1) is 9.08. The van der Waals surface area contributed by atoms with E-state index in [1.807, 2.05) is 35.9 Å². The Labute approximate surface area is 119 Å². The van der Waals surface area contributed by atoms with Gasteiger partial charge in [-0.05, 0) is 43.5 Å². The lowest BCUT2D eigenvalue weighted by Crippen LogP contribution is -2.22. The number of aryl methyl sites for hydroxylation is 1. The number of rotatable bonds is 4. The van der Waals surface area contributed by atoms with Crippen LogP contribution in [-0.4, -0.2) is 16.3 Å². The normalized spacial score (nSPS) is 12.7. The second-order valence-electron chi connectivity index (χ2n) is 4.75. The Bertz CT molecular complexity index is 575. The quantitative estimate of drug-likeness (QED) is 0.932. The number of hydrogen-bond donors (Lipinski definition) is 1. The van der Waals surface area contributed by atoms with E-state index in [1.165, 1.54) is 11.3 Å². The first kappa shape index (κ1) is 14.1. The maximum Gasteiger partial charge on any atom is 0.0894 e. The second kappa shape index (κ2) is 5.76. The molecule has 0 aliphatic carbocycles. The molecule has 3 nitrogen and oxygen atoms in total. The minimum absolute atomic E-state index is 0.0395. The van der Waals surface area contributed by atoms with Crippen molar-refractivity contribution >= 4 is 11.6 Å². The average Bonchev–Trinajstić information content (AvgIpc) is 2.66. The van der Waals surface area contributed by atoms with Crippen molar-refractivity contribution in [2.75, 3.05) is 6.54 Å². The van der Waals surface area contributed by atoms with Gasteiger partial charge in [0.05, 0.1) is 11.7 Å². The lowest BCUT2D eigenvalue weighted by Gasteiger charge is -2.18. The van der Waals surface area contributed by atoms with Crippen molar-refractivity contribution in [3.05, 3.63) is 51.8 Å². The monoisotopic (exact) mass is 277 g/mol. The lowest BCUT2D eigenvalue weighted by atomic mass is 10.1. The highest BCUT2D eigenvalue weighted by Gasteiger charge is 2.18. The standard InChI is InChI=1S/C15H20ClN3/c1-4-14-10(2)18-19(11(14)3)15(9-17)12-6-5-7-13(16)8-12/h5-8,15H,4,9,17H2,1-3H3. The Kier molecular flexibility index (Phi) is 4.27. The molecular weight excluding hydrogens is 258 g/mol. The molecule has 0 fully saturated rings. The Morgan fingerprint density at radius 3 is 2.63 bits per heavy atom. The molecule has 2 rings (SSSR count). The van der Waals surface area contributed by atoms with Gasteiger partial charge in [0.25, 0.3) is 0 Å². The zero-order valence-electron chi connectivity index (χ0n) is 11.7. The highest BCUT2D eigenvalue weighted by molar-refractivity contribution is 6.30. The summed E-state index contributed by atoms with van der Waals surface area (Å²) in [6, 6.07) is 7.87. The molecule has 0 bridgehead atoms. The van der Waals surface area contributed by atoms with Crippen LogP contribution in [0.25, 0.3) is 0 Å². The topological polar surface area (TPSA) is 43.8 Å². The van der Waals surface area contributed by atoms with Crippen molar-refractivity contribution < 1.29 is 0 Å². The van der Waals surface area contributed by atoms with Gasteiger partial charge in [0.2, 0.25) is 0 Å². The molecule has 1 heterocycles. The highest BCUT2D eigenvalue weighted by Crippen LogP contribution is 2.24. The molecule has 19 heavy (non-hydrogen) atoms. The van der Waals surface area contributed by atoms with Crippen molar-refractivity contribution in [2.24, 2.45) is 5.73 Å². The molecule has 0 saturated carbocycles. The summed E-state index contributed by atoms with van der Waals surface area (Å²) in [4.78, 5) is 0. The molecule has 102 valence electrons. The summed E-state index contributed by atoms with van der Waals surface area (Å²) in [6.07, 6.45) is 0.991. The Hall–Kier alpha value is -1.32. The van der Waals surface area contributed by atoms with Gasteiger partial charge in [0, 0.05) is 17.3 Å². The SMILES string of the molecule is CCc1c(C)nn(C(CN)c2cccc(Cl)c2)c1C. The van der Waals surface area contributed by atoms with E-state index in [0.717, 1.165) is 22.7 Å². The smallest absolute Gasteiger partial charge is 0.0894 e. The molecule has 1 aromatic heterocycles. The molecule has 0 radical (unpaired) electrons. The predicted octanol–water partition coefficient (Wildman–Crippen LogP) is 3.26. The van der Waals surface area contributed by atoms with E-state index in [-0.39, 0.29) is 6.04 Å². The van der Waals surface area contributed by atoms with E-state index in [9.17, 15) is 0 Å². The Morgan fingerprint density at radius 2 is 2.11 bits per heavy atom. The van der Waals surface area contributed by atoms with Gasteiger partial charge in [-0.1, -0.05) is 30.7 Å². The maximum atomic E-state index is 6.07. The first-order valence-corrected chi connectivity index (χ1v) is 6.96. The van der Waals surface area contributed by atoms with Gasteiger partial charge in [-0.3, -0.25) is 4.68 Å². The van der Waals surface area contributed by atoms with E-state index >= 15 is 0 Å². The summed E-state index contributed by atoms with van der Waals surface area (Å²) < 4.78 is 2.03. The minimum Gasteiger partial charge on any atom is -0.328 e. The molecule has 2 N–H and O–H groups in total. The lowest BCUT2D eigenvalue weighted by molar-refractivity contribution is 0.516. The fraction of sp³-hybridized carbons (Fsp3) is 0.400. The summed E-state index contributed by atoms with van der Waals surface area (Å²) in [5.41, 5.74) is 10.6. The van der Waals surface area contributed by atoms with Crippen LogP contribution >= 0.6 is 11.6 Å². The molecule has 0 aliphatic rings. The van der Waals surface area contributed by atoms with Gasteiger partial charge in [0.15, 0.2) is 0 Å². The van der Waals surface area contributed by atoms with Crippen LogP contribution in [0.5, 0.6) is 0 Å². The zero-order valence-corrected chi connectivity index (χ0v) is 12.4.